The van der Waals surface area contributed by atoms with Crippen LogP contribution in [0.25, 0.3) is 0 Å². The normalized spacial score (nSPS) is 17.9. The molecule has 1 aromatic heterocycles. The highest BCUT2D eigenvalue weighted by Gasteiger charge is 2.10. The van der Waals surface area contributed by atoms with Crippen molar-refractivity contribution < 1.29 is 4.74 Å². The smallest absolute Gasteiger partial charge is 0.0594 e. The SMILES string of the molecule is CCc1ccc(CN2CCOCC2)nc1. The van der Waals surface area contributed by atoms with Gasteiger partial charge in [-0.3, -0.25) is 9.88 Å². The maximum atomic E-state index is 5.31. The fourth-order valence-corrected chi connectivity index (χ4v) is 1.75. The molecule has 0 spiro atoms. The molecule has 3 heteroatoms. The number of aryl methyl sites for hydroxylation is 1. The molecule has 1 saturated heterocycles. The van der Waals surface area contributed by atoms with Crippen molar-refractivity contribution in [3.8, 4) is 0 Å². The van der Waals surface area contributed by atoms with Gasteiger partial charge in [-0.05, 0) is 18.1 Å². The number of aromatic nitrogens is 1. The van der Waals surface area contributed by atoms with Crippen molar-refractivity contribution in [3.05, 3.63) is 29.6 Å². The van der Waals surface area contributed by atoms with Gasteiger partial charge in [0.05, 0.1) is 18.9 Å². The van der Waals surface area contributed by atoms with E-state index in [0.717, 1.165) is 45.0 Å². The van der Waals surface area contributed by atoms with Crippen molar-refractivity contribution in [1.82, 2.24) is 9.88 Å². The van der Waals surface area contributed by atoms with E-state index in [2.05, 4.69) is 28.9 Å². The number of pyridine rings is 1. The highest BCUT2D eigenvalue weighted by atomic mass is 16.5. The Hall–Kier alpha value is -0.930. The fraction of sp³-hybridized carbons (Fsp3) is 0.583. The van der Waals surface area contributed by atoms with Gasteiger partial charge in [-0.15, -0.1) is 0 Å². The first-order valence-corrected chi connectivity index (χ1v) is 5.62. The highest BCUT2D eigenvalue weighted by Crippen LogP contribution is 2.06. The molecule has 0 unspecified atom stereocenters. The summed E-state index contributed by atoms with van der Waals surface area (Å²) >= 11 is 0. The second-order valence-electron chi connectivity index (χ2n) is 3.90. The molecule has 0 radical (unpaired) electrons. The van der Waals surface area contributed by atoms with Crippen molar-refractivity contribution >= 4 is 0 Å². The molecule has 82 valence electrons. The third kappa shape index (κ3) is 3.01. The Kier molecular flexibility index (Phi) is 3.69. The molecule has 1 aliphatic rings. The molecule has 0 bridgehead atoms. The van der Waals surface area contributed by atoms with Crippen LogP contribution in [0.15, 0.2) is 18.3 Å². The predicted octanol–water partition coefficient (Wildman–Crippen LogP) is 1.48. The molecule has 2 rings (SSSR count). The van der Waals surface area contributed by atoms with Crippen LogP contribution < -0.4 is 0 Å². The molecule has 0 aromatic carbocycles. The number of morpholine rings is 1. The van der Waals surface area contributed by atoms with E-state index >= 15 is 0 Å². The lowest BCUT2D eigenvalue weighted by Crippen LogP contribution is -2.35. The summed E-state index contributed by atoms with van der Waals surface area (Å²) in [5.41, 5.74) is 2.47. The summed E-state index contributed by atoms with van der Waals surface area (Å²) in [6.07, 6.45) is 3.04. The number of rotatable bonds is 3. The van der Waals surface area contributed by atoms with E-state index in [1.54, 1.807) is 0 Å². The minimum absolute atomic E-state index is 0.854. The van der Waals surface area contributed by atoms with Gasteiger partial charge < -0.3 is 4.74 Å². The van der Waals surface area contributed by atoms with Crippen molar-refractivity contribution in [2.24, 2.45) is 0 Å². The van der Waals surface area contributed by atoms with E-state index in [1.807, 2.05) is 6.20 Å². The Morgan fingerprint density at radius 2 is 2.13 bits per heavy atom. The van der Waals surface area contributed by atoms with Gasteiger partial charge in [0.2, 0.25) is 0 Å². The molecule has 1 aliphatic heterocycles. The van der Waals surface area contributed by atoms with Crippen LogP contribution in [0, 0.1) is 0 Å². The van der Waals surface area contributed by atoms with E-state index in [4.69, 9.17) is 4.74 Å². The maximum absolute atomic E-state index is 5.31. The van der Waals surface area contributed by atoms with Gasteiger partial charge in [-0.1, -0.05) is 13.0 Å². The van der Waals surface area contributed by atoms with E-state index in [0.29, 0.717) is 0 Å². The lowest BCUT2D eigenvalue weighted by Gasteiger charge is -2.26. The number of hydrogen-bond acceptors (Lipinski definition) is 3. The molecule has 0 atom stereocenters. The quantitative estimate of drug-likeness (QED) is 0.749. The lowest BCUT2D eigenvalue weighted by molar-refractivity contribution is 0.0336. The summed E-state index contributed by atoms with van der Waals surface area (Å²) in [7, 11) is 0. The van der Waals surface area contributed by atoms with E-state index < -0.39 is 0 Å². The summed E-state index contributed by atoms with van der Waals surface area (Å²) in [6.45, 7) is 6.86. The molecule has 1 aromatic rings. The standard InChI is InChI=1S/C12H18N2O/c1-2-11-3-4-12(13-9-11)10-14-5-7-15-8-6-14/h3-4,9H,2,5-8,10H2,1H3. The summed E-state index contributed by atoms with van der Waals surface area (Å²) in [6, 6.07) is 4.30. The fourth-order valence-electron chi connectivity index (χ4n) is 1.75. The van der Waals surface area contributed by atoms with Gasteiger partial charge in [0.25, 0.3) is 0 Å². The van der Waals surface area contributed by atoms with Crippen LogP contribution in [-0.2, 0) is 17.7 Å². The molecule has 0 N–H and O–H groups in total. The second kappa shape index (κ2) is 5.24. The summed E-state index contributed by atoms with van der Waals surface area (Å²) < 4.78 is 5.31. The number of hydrogen-bond donors (Lipinski definition) is 0. The first kappa shape index (κ1) is 10.6. The van der Waals surface area contributed by atoms with E-state index in [9.17, 15) is 0 Å². The molecule has 3 nitrogen and oxygen atoms in total. The summed E-state index contributed by atoms with van der Waals surface area (Å²) in [4.78, 5) is 6.85. The topological polar surface area (TPSA) is 25.4 Å². The van der Waals surface area contributed by atoms with Gasteiger partial charge in [0.15, 0.2) is 0 Å². The van der Waals surface area contributed by atoms with Crippen LogP contribution in [0.5, 0.6) is 0 Å². The van der Waals surface area contributed by atoms with Crippen LogP contribution in [0.1, 0.15) is 18.2 Å². The minimum Gasteiger partial charge on any atom is -0.379 e. The zero-order valence-corrected chi connectivity index (χ0v) is 9.28. The van der Waals surface area contributed by atoms with Crippen molar-refractivity contribution in [2.45, 2.75) is 19.9 Å². The van der Waals surface area contributed by atoms with Crippen LogP contribution in [-0.4, -0.2) is 36.2 Å². The third-order valence-corrected chi connectivity index (χ3v) is 2.78. The maximum Gasteiger partial charge on any atom is 0.0594 e. The average Bonchev–Trinajstić information content (AvgIpc) is 2.31. The lowest BCUT2D eigenvalue weighted by atomic mass is 10.2. The number of ether oxygens (including phenoxy) is 1. The Bertz CT molecular complexity index is 291. The van der Waals surface area contributed by atoms with Crippen LogP contribution in [0.4, 0.5) is 0 Å². The molecule has 0 saturated carbocycles. The largest absolute Gasteiger partial charge is 0.379 e. The first-order valence-electron chi connectivity index (χ1n) is 5.62. The van der Waals surface area contributed by atoms with Crippen molar-refractivity contribution in [3.63, 3.8) is 0 Å². The molecule has 15 heavy (non-hydrogen) atoms. The average molecular weight is 206 g/mol. The van der Waals surface area contributed by atoms with Gasteiger partial charge in [-0.2, -0.15) is 0 Å². The third-order valence-electron chi connectivity index (χ3n) is 2.78. The summed E-state index contributed by atoms with van der Waals surface area (Å²) in [5.74, 6) is 0. The van der Waals surface area contributed by atoms with Crippen LogP contribution in [0.3, 0.4) is 0 Å². The molecule has 2 heterocycles. The second-order valence-corrected chi connectivity index (χ2v) is 3.90. The zero-order chi connectivity index (χ0) is 10.5. The monoisotopic (exact) mass is 206 g/mol. The van der Waals surface area contributed by atoms with Crippen molar-refractivity contribution in [1.29, 1.82) is 0 Å². The zero-order valence-electron chi connectivity index (χ0n) is 9.28. The van der Waals surface area contributed by atoms with Gasteiger partial charge >= 0.3 is 0 Å². The van der Waals surface area contributed by atoms with E-state index in [1.165, 1.54) is 5.56 Å². The van der Waals surface area contributed by atoms with Crippen LogP contribution in [0.2, 0.25) is 0 Å². The number of nitrogens with zero attached hydrogens (tertiary/aromatic N) is 2. The van der Waals surface area contributed by atoms with Gasteiger partial charge in [0, 0.05) is 25.8 Å². The first-order chi connectivity index (χ1) is 7.38. The predicted molar refractivity (Wildman–Crippen MR) is 59.7 cm³/mol. The Balaban J connectivity index is 1.91. The Labute approximate surface area is 91.1 Å². The summed E-state index contributed by atoms with van der Waals surface area (Å²) in [5, 5.41) is 0. The molecule has 0 aliphatic carbocycles. The molecular weight excluding hydrogens is 188 g/mol. The molecular formula is C12H18N2O. The Morgan fingerprint density at radius 3 is 2.73 bits per heavy atom. The van der Waals surface area contributed by atoms with Gasteiger partial charge in [0.1, 0.15) is 0 Å². The van der Waals surface area contributed by atoms with Crippen LogP contribution >= 0.6 is 0 Å². The highest BCUT2D eigenvalue weighted by molar-refractivity contribution is 5.13. The van der Waals surface area contributed by atoms with Crippen molar-refractivity contribution in [2.75, 3.05) is 26.3 Å². The molecule has 1 fully saturated rings. The Morgan fingerprint density at radius 1 is 1.33 bits per heavy atom. The minimum atomic E-state index is 0.854. The molecule has 0 amide bonds. The van der Waals surface area contributed by atoms with E-state index in [-0.39, 0.29) is 0 Å². The van der Waals surface area contributed by atoms with Gasteiger partial charge in [-0.25, -0.2) is 0 Å².